The number of nitrogens with one attached hydrogen (secondary N) is 3. The molecule has 1 fully saturated rings. The Balaban J connectivity index is 1.93. The number of piperidine rings is 1. The van der Waals surface area contributed by atoms with E-state index in [1.54, 1.807) is 33.0 Å². The minimum absolute atomic E-state index is 0.00766. The second-order valence-electron chi connectivity index (χ2n) is 8.73. The minimum atomic E-state index is -4.53. The molecule has 0 radical (unpaired) electrons. The molecule has 1 aliphatic rings. The molecule has 7 nitrogen and oxygen atoms in total. The molecule has 0 spiro atoms. The summed E-state index contributed by atoms with van der Waals surface area (Å²) in [5, 5.41) is 13.3. The van der Waals surface area contributed by atoms with Crippen LogP contribution in [0.4, 0.5) is 27.8 Å². The van der Waals surface area contributed by atoms with Crippen molar-refractivity contribution >= 4 is 23.5 Å². The topological polar surface area (TPSA) is 94.0 Å². The first kappa shape index (κ1) is 27.0. The second-order valence-corrected chi connectivity index (χ2v) is 8.73. The van der Waals surface area contributed by atoms with Crippen molar-refractivity contribution in [2.24, 2.45) is 5.92 Å². The molecule has 2 aromatic rings. The monoisotopic (exact) mass is 510 g/mol. The highest BCUT2D eigenvalue weighted by Gasteiger charge is 2.46. The molecule has 0 aromatic carbocycles. The third-order valence-electron chi connectivity index (χ3n) is 5.93. The fourth-order valence-corrected chi connectivity index (χ4v) is 4.20. The highest BCUT2D eigenvalue weighted by atomic mass is 19.4. The van der Waals surface area contributed by atoms with Crippen molar-refractivity contribution in [1.29, 1.82) is 5.41 Å². The lowest BCUT2D eigenvalue weighted by Gasteiger charge is -2.43. The lowest BCUT2D eigenvalue weighted by atomic mass is 9.87. The van der Waals surface area contributed by atoms with E-state index in [0.717, 1.165) is 23.2 Å². The highest BCUT2D eigenvalue weighted by Crippen LogP contribution is 2.36. The number of nitrogens with zero attached hydrogens (tertiary/aromatic N) is 3. The molecular weight excluding hydrogens is 483 g/mol. The quantitative estimate of drug-likeness (QED) is 0.374. The highest BCUT2D eigenvalue weighted by molar-refractivity contribution is 6.12. The standard InChI is InChI=1S/C24H27F5N6O/c1-14-8-23(25,26)13-35(19(14)12-33-20-7-5-17(11-32-20)24(27,28)29)22(36)21-18(6-4-15(2)34-21)16(9-30)10-31-3/h4-7,9-11,14,19,30-31H,8,12-13H2,1-3H3,(H,32,33)/b16-10+,30-9?/t14?,19-/m1/s1. The number of halogens is 5. The van der Waals surface area contributed by atoms with E-state index in [2.05, 4.69) is 20.6 Å². The van der Waals surface area contributed by atoms with Gasteiger partial charge in [0.1, 0.15) is 11.5 Å². The van der Waals surface area contributed by atoms with Crippen molar-refractivity contribution in [3.8, 4) is 0 Å². The average molecular weight is 511 g/mol. The van der Waals surface area contributed by atoms with Crippen LogP contribution < -0.4 is 10.6 Å². The molecule has 12 heteroatoms. The number of aromatic nitrogens is 2. The Morgan fingerprint density at radius 2 is 2.00 bits per heavy atom. The SMILES string of the molecule is CN/C=C(\C=N)c1ccc(C)nc1C(=O)N1CC(F)(F)CC(C)[C@H]1CNc1ccc(C(F)(F)F)cn1. The Morgan fingerprint density at radius 1 is 1.28 bits per heavy atom. The van der Waals surface area contributed by atoms with E-state index in [0.29, 0.717) is 23.0 Å². The molecule has 1 amide bonds. The maximum atomic E-state index is 14.6. The van der Waals surface area contributed by atoms with Crippen molar-refractivity contribution in [2.75, 3.05) is 25.5 Å². The number of amides is 1. The molecule has 0 saturated carbocycles. The van der Waals surface area contributed by atoms with Gasteiger partial charge in [0.05, 0.1) is 18.2 Å². The van der Waals surface area contributed by atoms with Crippen LogP contribution in [0.2, 0.25) is 0 Å². The van der Waals surface area contributed by atoms with E-state index >= 15 is 0 Å². The molecule has 36 heavy (non-hydrogen) atoms. The van der Waals surface area contributed by atoms with Crippen LogP contribution in [0.15, 0.2) is 36.7 Å². The number of allylic oxidation sites excluding steroid dienone is 1. The van der Waals surface area contributed by atoms with Gasteiger partial charge in [-0.15, -0.1) is 0 Å². The van der Waals surface area contributed by atoms with Crippen LogP contribution in [0.3, 0.4) is 0 Å². The van der Waals surface area contributed by atoms with Gasteiger partial charge in [0.25, 0.3) is 11.8 Å². The summed E-state index contributed by atoms with van der Waals surface area (Å²) in [6.45, 7) is 2.41. The van der Waals surface area contributed by atoms with Crippen molar-refractivity contribution in [3.05, 3.63) is 59.2 Å². The van der Waals surface area contributed by atoms with Gasteiger partial charge in [-0.05, 0) is 31.0 Å². The predicted octanol–water partition coefficient (Wildman–Crippen LogP) is 4.61. The zero-order chi connectivity index (χ0) is 26.7. The van der Waals surface area contributed by atoms with Gasteiger partial charge in [0.15, 0.2) is 0 Å². The van der Waals surface area contributed by atoms with Crippen LogP contribution >= 0.6 is 0 Å². The number of anilines is 1. The van der Waals surface area contributed by atoms with Crippen LogP contribution in [-0.2, 0) is 6.18 Å². The van der Waals surface area contributed by atoms with Crippen LogP contribution in [0.25, 0.3) is 5.57 Å². The van der Waals surface area contributed by atoms with Crippen molar-refractivity contribution in [1.82, 2.24) is 20.2 Å². The molecule has 2 aromatic heterocycles. The molecule has 1 saturated heterocycles. The Bertz CT molecular complexity index is 1130. The molecule has 2 atom stereocenters. The van der Waals surface area contributed by atoms with Gasteiger partial charge in [0, 0.05) is 55.5 Å². The van der Waals surface area contributed by atoms with Gasteiger partial charge in [-0.25, -0.2) is 18.7 Å². The summed E-state index contributed by atoms with van der Waals surface area (Å²) in [6.07, 6.45) is -1.78. The Labute approximate surface area is 205 Å². The lowest BCUT2D eigenvalue weighted by molar-refractivity contribution is -0.137. The average Bonchev–Trinajstić information content (AvgIpc) is 2.80. The number of carbonyl (C=O) groups excluding carboxylic acids is 1. The molecule has 1 unspecified atom stereocenters. The van der Waals surface area contributed by atoms with Crippen LogP contribution in [0.1, 0.15) is 40.7 Å². The number of aryl methyl sites for hydroxylation is 1. The van der Waals surface area contributed by atoms with Crippen molar-refractivity contribution in [2.45, 2.75) is 38.4 Å². The summed E-state index contributed by atoms with van der Waals surface area (Å²) in [5.41, 5.74) is 0.172. The van der Waals surface area contributed by atoms with E-state index in [1.807, 2.05) is 0 Å². The van der Waals surface area contributed by atoms with E-state index in [4.69, 9.17) is 5.41 Å². The van der Waals surface area contributed by atoms with Gasteiger partial charge < -0.3 is 20.9 Å². The first-order valence-electron chi connectivity index (χ1n) is 11.2. The maximum absolute atomic E-state index is 14.6. The first-order valence-corrected chi connectivity index (χ1v) is 11.2. The summed E-state index contributed by atoms with van der Waals surface area (Å²) in [4.78, 5) is 22.8. The fourth-order valence-electron chi connectivity index (χ4n) is 4.20. The number of hydrogen-bond acceptors (Lipinski definition) is 6. The third kappa shape index (κ3) is 6.16. The van der Waals surface area contributed by atoms with E-state index in [9.17, 15) is 26.7 Å². The van der Waals surface area contributed by atoms with E-state index in [-0.39, 0.29) is 18.1 Å². The summed E-state index contributed by atoms with van der Waals surface area (Å²) in [7, 11) is 1.62. The van der Waals surface area contributed by atoms with Crippen molar-refractivity contribution in [3.63, 3.8) is 0 Å². The summed E-state index contributed by atoms with van der Waals surface area (Å²) in [5.74, 6) is -4.37. The number of hydrogen-bond donors (Lipinski definition) is 3. The molecular formula is C24H27F5N6O. The van der Waals surface area contributed by atoms with Crippen LogP contribution in [0.5, 0.6) is 0 Å². The Morgan fingerprint density at radius 3 is 2.58 bits per heavy atom. The van der Waals surface area contributed by atoms with Gasteiger partial charge >= 0.3 is 6.18 Å². The fraction of sp³-hybridized carbons (Fsp3) is 0.417. The number of carbonyl (C=O) groups is 1. The molecule has 3 N–H and O–H groups in total. The van der Waals surface area contributed by atoms with Gasteiger partial charge in [-0.1, -0.05) is 13.0 Å². The van der Waals surface area contributed by atoms with E-state index in [1.165, 1.54) is 6.20 Å². The van der Waals surface area contributed by atoms with Gasteiger partial charge in [-0.2, -0.15) is 13.2 Å². The molecule has 1 aliphatic heterocycles. The number of pyridine rings is 2. The maximum Gasteiger partial charge on any atom is 0.417 e. The van der Waals surface area contributed by atoms with Crippen molar-refractivity contribution < 1.29 is 26.7 Å². The van der Waals surface area contributed by atoms with Crippen LogP contribution in [0, 0.1) is 18.3 Å². The largest absolute Gasteiger partial charge is 0.417 e. The molecule has 3 heterocycles. The third-order valence-corrected chi connectivity index (χ3v) is 5.93. The molecule has 3 rings (SSSR count). The Kier molecular flexibility index (Phi) is 7.95. The summed E-state index contributed by atoms with van der Waals surface area (Å²) in [6, 6.07) is 4.56. The normalized spacial score (nSPS) is 20.1. The van der Waals surface area contributed by atoms with Gasteiger partial charge in [-0.3, -0.25) is 4.79 Å². The molecule has 0 bridgehead atoms. The predicted molar refractivity (Wildman–Crippen MR) is 126 cm³/mol. The number of likely N-dealkylation sites (tertiary alicyclic amines) is 1. The smallest absolute Gasteiger partial charge is 0.393 e. The number of alkyl halides is 5. The summed E-state index contributed by atoms with van der Waals surface area (Å²) >= 11 is 0. The second kappa shape index (κ2) is 10.6. The zero-order valence-corrected chi connectivity index (χ0v) is 20.0. The van der Waals surface area contributed by atoms with E-state index < -0.39 is 48.5 Å². The molecule has 194 valence electrons. The Hall–Kier alpha value is -3.57. The zero-order valence-electron chi connectivity index (χ0n) is 20.0. The van der Waals surface area contributed by atoms with Gasteiger partial charge in [0.2, 0.25) is 0 Å². The van der Waals surface area contributed by atoms with Crippen LogP contribution in [-0.4, -0.2) is 59.1 Å². The number of rotatable bonds is 7. The first-order chi connectivity index (χ1) is 16.9. The lowest BCUT2D eigenvalue weighted by Crippen LogP contribution is -2.57. The summed E-state index contributed by atoms with van der Waals surface area (Å²) < 4.78 is 67.6. The molecule has 0 aliphatic carbocycles. The minimum Gasteiger partial charge on any atom is -0.393 e.